The van der Waals surface area contributed by atoms with Gasteiger partial charge in [0.1, 0.15) is 10.8 Å². The van der Waals surface area contributed by atoms with Gasteiger partial charge in [0.15, 0.2) is 6.61 Å². The summed E-state index contributed by atoms with van der Waals surface area (Å²) in [7, 11) is 0. The van der Waals surface area contributed by atoms with Gasteiger partial charge in [-0.3, -0.25) is 4.79 Å². The predicted octanol–water partition coefficient (Wildman–Crippen LogP) is 6.11. The van der Waals surface area contributed by atoms with Crippen molar-refractivity contribution in [1.82, 2.24) is 4.98 Å². The molecule has 1 aromatic heterocycles. The van der Waals surface area contributed by atoms with Crippen LogP contribution in [0.25, 0.3) is 21.8 Å². The molecule has 30 heavy (non-hydrogen) atoms. The zero-order chi connectivity index (χ0) is 20.9. The van der Waals surface area contributed by atoms with Crippen LogP contribution in [0.5, 0.6) is 5.75 Å². The van der Waals surface area contributed by atoms with Gasteiger partial charge < -0.3 is 10.1 Å². The number of nitrogens with one attached hydrogen (secondary N) is 1. The first kappa shape index (κ1) is 19.9. The number of ether oxygens (including phenoxy) is 1. The molecule has 3 aromatic carbocycles. The van der Waals surface area contributed by atoms with Crippen molar-refractivity contribution in [1.29, 1.82) is 0 Å². The number of aromatic nitrogens is 1. The molecule has 0 radical (unpaired) electrons. The Kier molecular flexibility index (Phi) is 5.91. The Morgan fingerprint density at radius 3 is 2.33 bits per heavy atom. The molecule has 0 spiro atoms. The van der Waals surface area contributed by atoms with Gasteiger partial charge in [0.05, 0.1) is 5.69 Å². The molecule has 150 valence electrons. The minimum absolute atomic E-state index is 0.0295. The van der Waals surface area contributed by atoms with E-state index in [9.17, 15) is 4.79 Å². The molecular formula is C25H22N2O2S. The van der Waals surface area contributed by atoms with Gasteiger partial charge in [-0.1, -0.05) is 60.7 Å². The number of para-hydroxylation sites is 1. The Bertz CT molecular complexity index is 1150. The first-order chi connectivity index (χ1) is 14.6. The summed E-state index contributed by atoms with van der Waals surface area (Å²) in [5.74, 6) is 0.526. The molecule has 4 aromatic rings. The summed E-state index contributed by atoms with van der Waals surface area (Å²) >= 11 is 1.69. The average Bonchev–Trinajstić information content (AvgIpc) is 3.16. The van der Waals surface area contributed by atoms with E-state index in [4.69, 9.17) is 9.72 Å². The van der Waals surface area contributed by atoms with Gasteiger partial charge in [-0.05, 0) is 37.6 Å². The van der Waals surface area contributed by atoms with Crippen LogP contribution in [0.2, 0.25) is 0 Å². The molecule has 4 rings (SSSR count). The highest BCUT2D eigenvalue weighted by Gasteiger charge is 2.12. The molecule has 0 fully saturated rings. The monoisotopic (exact) mass is 414 g/mol. The lowest BCUT2D eigenvalue weighted by atomic mass is 10.1. The van der Waals surface area contributed by atoms with Crippen LogP contribution in [0.3, 0.4) is 0 Å². The third-order valence-electron chi connectivity index (χ3n) is 4.71. The molecule has 0 aliphatic rings. The molecule has 1 amide bonds. The Labute approximate surface area is 180 Å². The fourth-order valence-corrected chi connectivity index (χ4v) is 4.08. The lowest BCUT2D eigenvalue weighted by molar-refractivity contribution is -0.118. The number of benzene rings is 3. The van der Waals surface area contributed by atoms with Crippen molar-refractivity contribution < 1.29 is 9.53 Å². The van der Waals surface area contributed by atoms with Crippen LogP contribution in [0.15, 0.2) is 78.9 Å². The molecule has 0 saturated heterocycles. The molecule has 0 aliphatic heterocycles. The minimum atomic E-state index is -0.192. The van der Waals surface area contributed by atoms with E-state index in [1.807, 2.05) is 73.7 Å². The van der Waals surface area contributed by atoms with Crippen molar-refractivity contribution >= 4 is 22.9 Å². The average molecular weight is 415 g/mol. The summed E-state index contributed by atoms with van der Waals surface area (Å²) in [4.78, 5) is 18.2. The highest BCUT2D eigenvalue weighted by atomic mass is 32.1. The maximum atomic E-state index is 12.2. The van der Waals surface area contributed by atoms with Crippen LogP contribution >= 0.6 is 11.3 Å². The van der Waals surface area contributed by atoms with Gasteiger partial charge >= 0.3 is 0 Å². The molecule has 0 bridgehead atoms. The number of carbonyl (C=O) groups is 1. The summed E-state index contributed by atoms with van der Waals surface area (Å²) in [6.45, 7) is 4.01. The van der Waals surface area contributed by atoms with E-state index < -0.39 is 0 Å². The highest BCUT2D eigenvalue weighted by molar-refractivity contribution is 7.15. The molecule has 4 nitrogen and oxygen atoms in total. The Hall–Kier alpha value is -3.44. The first-order valence-corrected chi connectivity index (χ1v) is 10.5. The number of hydrogen-bond acceptors (Lipinski definition) is 4. The van der Waals surface area contributed by atoms with Crippen LogP contribution < -0.4 is 10.1 Å². The number of nitrogens with zero attached hydrogens (tertiary/aromatic N) is 1. The van der Waals surface area contributed by atoms with E-state index in [0.717, 1.165) is 43.7 Å². The van der Waals surface area contributed by atoms with Gasteiger partial charge in [0, 0.05) is 21.7 Å². The Balaban J connectivity index is 1.41. The fraction of sp³-hybridized carbons (Fsp3) is 0.120. The zero-order valence-electron chi connectivity index (χ0n) is 16.9. The van der Waals surface area contributed by atoms with Crippen molar-refractivity contribution in [2.75, 3.05) is 11.9 Å². The van der Waals surface area contributed by atoms with E-state index in [2.05, 4.69) is 24.4 Å². The van der Waals surface area contributed by atoms with Crippen molar-refractivity contribution in [3.63, 3.8) is 0 Å². The summed E-state index contributed by atoms with van der Waals surface area (Å²) in [6, 6.07) is 25.6. The smallest absolute Gasteiger partial charge is 0.262 e. The number of aryl methyl sites for hydroxylation is 2. The molecule has 0 unspecified atom stereocenters. The number of thiazole rings is 1. The third-order valence-corrected chi connectivity index (χ3v) is 5.73. The van der Waals surface area contributed by atoms with Crippen molar-refractivity contribution in [2.45, 2.75) is 13.8 Å². The molecule has 0 saturated carbocycles. The zero-order valence-corrected chi connectivity index (χ0v) is 17.7. The van der Waals surface area contributed by atoms with Crippen molar-refractivity contribution in [3.8, 4) is 27.6 Å². The van der Waals surface area contributed by atoms with E-state index in [-0.39, 0.29) is 12.5 Å². The van der Waals surface area contributed by atoms with Crippen LogP contribution in [-0.4, -0.2) is 17.5 Å². The Morgan fingerprint density at radius 2 is 1.60 bits per heavy atom. The van der Waals surface area contributed by atoms with Crippen LogP contribution in [0, 0.1) is 13.8 Å². The van der Waals surface area contributed by atoms with Gasteiger partial charge in [-0.15, -0.1) is 11.3 Å². The van der Waals surface area contributed by atoms with Gasteiger partial charge in [-0.25, -0.2) is 4.98 Å². The summed E-state index contributed by atoms with van der Waals surface area (Å²) < 4.78 is 5.60. The molecule has 0 aliphatic carbocycles. The van der Waals surface area contributed by atoms with Gasteiger partial charge in [-0.2, -0.15) is 0 Å². The van der Waals surface area contributed by atoms with E-state index in [1.165, 1.54) is 0 Å². The van der Waals surface area contributed by atoms with Crippen LogP contribution in [-0.2, 0) is 4.79 Å². The maximum absolute atomic E-state index is 12.2. The van der Waals surface area contributed by atoms with E-state index >= 15 is 0 Å². The Morgan fingerprint density at radius 1 is 0.900 bits per heavy atom. The summed E-state index contributed by atoms with van der Waals surface area (Å²) in [5, 5.41) is 3.88. The van der Waals surface area contributed by atoms with Gasteiger partial charge in [0.2, 0.25) is 0 Å². The number of carbonyl (C=O) groups excluding carboxylic acids is 1. The predicted molar refractivity (Wildman–Crippen MR) is 123 cm³/mol. The normalized spacial score (nSPS) is 10.6. The standard InChI is InChI=1S/C25H22N2O2S/c1-17-8-6-7-11-22(17)29-16-23(28)26-21-14-12-19(13-15-21)24-18(2)30-25(27-24)20-9-4-3-5-10-20/h3-15H,16H2,1-2H3,(H,26,28). The summed E-state index contributed by atoms with van der Waals surface area (Å²) in [6.07, 6.45) is 0. The first-order valence-electron chi connectivity index (χ1n) is 9.72. The molecule has 5 heteroatoms. The second kappa shape index (κ2) is 8.93. The molecule has 1 heterocycles. The van der Waals surface area contributed by atoms with Crippen molar-refractivity contribution in [3.05, 3.63) is 89.3 Å². The minimum Gasteiger partial charge on any atom is -0.483 e. The topological polar surface area (TPSA) is 51.2 Å². The lowest BCUT2D eigenvalue weighted by Crippen LogP contribution is -2.20. The second-order valence-corrected chi connectivity index (χ2v) is 8.17. The van der Waals surface area contributed by atoms with E-state index in [1.54, 1.807) is 11.3 Å². The highest BCUT2D eigenvalue weighted by Crippen LogP contribution is 2.33. The quantitative estimate of drug-likeness (QED) is 0.414. The van der Waals surface area contributed by atoms with Gasteiger partial charge in [0.25, 0.3) is 5.91 Å². The number of anilines is 1. The van der Waals surface area contributed by atoms with Crippen molar-refractivity contribution in [2.24, 2.45) is 0 Å². The number of rotatable bonds is 6. The van der Waals surface area contributed by atoms with Crippen LogP contribution in [0.1, 0.15) is 10.4 Å². The molecular weight excluding hydrogens is 392 g/mol. The van der Waals surface area contributed by atoms with Crippen LogP contribution in [0.4, 0.5) is 5.69 Å². The maximum Gasteiger partial charge on any atom is 0.262 e. The largest absolute Gasteiger partial charge is 0.483 e. The second-order valence-electron chi connectivity index (χ2n) is 6.97. The molecule has 1 N–H and O–H groups in total. The fourth-order valence-electron chi connectivity index (χ4n) is 3.14. The lowest BCUT2D eigenvalue weighted by Gasteiger charge is -2.09. The molecule has 0 atom stereocenters. The van der Waals surface area contributed by atoms with E-state index in [0.29, 0.717) is 0 Å². The number of amides is 1. The number of hydrogen-bond donors (Lipinski definition) is 1. The summed E-state index contributed by atoms with van der Waals surface area (Å²) in [5.41, 5.74) is 4.85. The SMILES string of the molecule is Cc1ccccc1OCC(=O)Nc1ccc(-c2nc(-c3ccccc3)sc2C)cc1. The third kappa shape index (κ3) is 4.58.